The fraction of sp³-hybridized carbons (Fsp3) is 0.909. The van der Waals surface area contributed by atoms with Crippen LogP contribution in [0, 0.1) is 5.41 Å². The normalized spacial score (nSPS) is 10.6. The summed E-state index contributed by atoms with van der Waals surface area (Å²) in [5.41, 5.74) is 10.6. The zero-order valence-electron chi connectivity index (χ0n) is 11.5. The summed E-state index contributed by atoms with van der Waals surface area (Å²) in [6, 6.07) is 0. The molecule has 0 saturated heterocycles. The van der Waals surface area contributed by atoms with Gasteiger partial charge in [-0.1, -0.05) is 13.8 Å². The fourth-order valence-corrected chi connectivity index (χ4v) is 0.250. The highest BCUT2D eigenvalue weighted by Gasteiger charge is 2.00. The molecule has 0 fully saturated rings. The zero-order chi connectivity index (χ0) is 14.0. The van der Waals surface area contributed by atoms with Gasteiger partial charge in [-0.3, -0.25) is 0 Å². The van der Waals surface area contributed by atoms with Gasteiger partial charge in [0, 0.05) is 5.71 Å². The third-order valence-corrected chi connectivity index (χ3v) is 0.854. The lowest BCUT2D eigenvalue weighted by Crippen LogP contribution is -2.42. The summed E-state index contributed by atoms with van der Waals surface area (Å²) in [4.78, 5) is 0. The molecule has 0 unspecified atom stereocenters. The topological polar surface area (TPSA) is 116 Å². The predicted molar refractivity (Wildman–Crippen MR) is 69.3 cm³/mol. The Hall–Kier alpha value is -0.490. The van der Waals surface area contributed by atoms with E-state index in [2.05, 4.69) is 0 Å². The van der Waals surface area contributed by atoms with Gasteiger partial charge < -0.3 is 27.1 Å². The molecule has 0 heterocycles. The summed E-state index contributed by atoms with van der Waals surface area (Å²) in [6.07, 6.45) is 1.83. The highest BCUT2D eigenvalue weighted by Crippen LogP contribution is 1.88. The van der Waals surface area contributed by atoms with Crippen molar-refractivity contribution in [3.05, 3.63) is 0 Å². The molecule has 0 rings (SSSR count). The Bertz CT molecular complexity index is 139. The van der Waals surface area contributed by atoms with E-state index in [-0.39, 0.29) is 0 Å². The Balaban J connectivity index is -0.000000160. The van der Waals surface area contributed by atoms with Crippen LogP contribution in [-0.2, 0) is 0 Å². The number of rotatable bonds is 2. The molecule has 0 spiro atoms. The Morgan fingerprint density at radius 2 is 1.12 bits per heavy atom. The van der Waals surface area contributed by atoms with Crippen LogP contribution in [-0.4, -0.2) is 27.4 Å². The van der Waals surface area contributed by atoms with Gasteiger partial charge in [0.15, 0.2) is 5.79 Å². The summed E-state index contributed by atoms with van der Waals surface area (Å²) in [7, 11) is 0. The number of nitrogens with two attached hydrogens (primary N) is 2. The molecule has 0 aromatic rings. The Kier molecular flexibility index (Phi) is 12.7. The van der Waals surface area contributed by atoms with Gasteiger partial charge in [0.05, 0.1) is 5.66 Å². The molecular formula is C11H29N3O2. The van der Waals surface area contributed by atoms with Crippen molar-refractivity contribution in [2.24, 2.45) is 11.5 Å². The lowest BCUT2D eigenvalue weighted by atomic mass is 10.2. The van der Waals surface area contributed by atoms with Crippen molar-refractivity contribution in [2.75, 3.05) is 0 Å². The first-order valence-corrected chi connectivity index (χ1v) is 5.40. The van der Waals surface area contributed by atoms with Gasteiger partial charge in [-0.05, 0) is 40.5 Å². The molecule has 0 aliphatic carbocycles. The molecule has 0 amide bonds. The molecule has 0 saturated carbocycles. The van der Waals surface area contributed by atoms with Crippen LogP contribution in [0.4, 0.5) is 0 Å². The Morgan fingerprint density at radius 1 is 1.00 bits per heavy atom. The van der Waals surface area contributed by atoms with Crippen molar-refractivity contribution in [1.82, 2.24) is 0 Å². The highest BCUT2D eigenvalue weighted by atomic mass is 16.5. The van der Waals surface area contributed by atoms with Crippen LogP contribution in [0.1, 0.15) is 54.4 Å². The van der Waals surface area contributed by atoms with Gasteiger partial charge in [0.25, 0.3) is 0 Å². The van der Waals surface area contributed by atoms with Crippen molar-refractivity contribution in [1.29, 1.82) is 5.41 Å². The molecule has 5 nitrogen and oxygen atoms in total. The molecule has 0 aliphatic heterocycles. The van der Waals surface area contributed by atoms with Gasteiger partial charge >= 0.3 is 0 Å². The molecule has 0 aromatic carbocycles. The maximum absolute atomic E-state index is 8.08. The van der Waals surface area contributed by atoms with E-state index in [1.165, 1.54) is 13.8 Å². The van der Waals surface area contributed by atoms with Crippen molar-refractivity contribution in [3.63, 3.8) is 0 Å². The third-order valence-electron chi connectivity index (χ3n) is 0.854. The third kappa shape index (κ3) is 172. The van der Waals surface area contributed by atoms with Crippen LogP contribution in [0.3, 0.4) is 0 Å². The molecule has 0 bridgehead atoms. The van der Waals surface area contributed by atoms with E-state index in [0.717, 1.165) is 18.6 Å². The average molecular weight is 235 g/mol. The quantitative estimate of drug-likeness (QED) is 0.365. The first-order chi connectivity index (χ1) is 6.81. The second-order valence-electron chi connectivity index (χ2n) is 4.63. The zero-order valence-corrected chi connectivity index (χ0v) is 11.5. The van der Waals surface area contributed by atoms with Gasteiger partial charge in [0.1, 0.15) is 0 Å². The molecule has 16 heavy (non-hydrogen) atoms. The van der Waals surface area contributed by atoms with Gasteiger partial charge in [0.2, 0.25) is 0 Å². The van der Waals surface area contributed by atoms with Crippen LogP contribution in [0.2, 0.25) is 0 Å². The number of nitrogens with one attached hydrogen (secondary N) is 1. The van der Waals surface area contributed by atoms with Crippen LogP contribution >= 0.6 is 0 Å². The second kappa shape index (κ2) is 9.72. The van der Waals surface area contributed by atoms with Crippen molar-refractivity contribution >= 4 is 5.71 Å². The van der Waals surface area contributed by atoms with Crippen molar-refractivity contribution in [2.45, 2.75) is 65.8 Å². The molecule has 5 heteroatoms. The molecule has 100 valence electrons. The van der Waals surface area contributed by atoms with E-state index in [9.17, 15) is 0 Å². The minimum atomic E-state index is -1.50. The average Bonchev–Trinajstić information content (AvgIpc) is 1.96. The minimum absolute atomic E-state index is 0.500. The lowest BCUT2D eigenvalue weighted by molar-refractivity contribution is -0.127. The van der Waals surface area contributed by atoms with Crippen LogP contribution < -0.4 is 11.5 Å². The molecule has 0 aliphatic rings. The Morgan fingerprint density at radius 3 is 1.12 bits per heavy atom. The maximum Gasteiger partial charge on any atom is 0.156 e. The van der Waals surface area contributed by atoms with Crippen LogP contribution in [0.25, 0.3) is 0 Å². The highest BCUT2D eigenvalue weighted by molar-refractivity contribution is 5.80. The summed E-state index contributed by atoms with van der Waals surface area (Å²) < 4.78 is 0. The van der Waals surface area contributed by atoms with Crippen LogP contribution in [0.15, 0.2) is 0 Å². The van der Waals surface area contributed by atoms with Crippen molar-refractivity contribution < 1.29 is 10.2 Å². The maximum atomic E-state index is 8.08. The van der Waals surface area contributed by atoms with E-state index in [1.54, 1.807) is 13.8 Å². The molecular weight excluding hydrogens is 206 g/mol. The predicted octanol–water partition coefficient (Wildman–Crippen LogP) is 1.17. The van der Waals surface area contributed by atoms with E-state index < -0.39 is 11.4 Å². The molecule has 0 atom stereocenters. The standard InChI is InChI=1S/C5H11N.C3H10N2.C3H8O2/c1-3-5(6)4-2;2*1-3(2,4)5/h6H,3-4H2,1-2H3;4-5H2,1-2H3;4-5H,1-2H3. The molecule has 7 N–H and O–H groups in total. The summed E-state index contributed by atoms with van der Waals surface area (Å²) >= 11 is 0. The first-order valence-electron chi connectivity index (χ1n) is 5.40. The summed E-state index contributed by atoms with van der Waals surface area (Å²) in [6.45, 7) is 10.1. The second-order valence-corrected chi connectivity index (χ2v) is 4.63. The largest absolute Gasteiger partial charge is 0.366 e. The van der Waals surface area contributed by atoms with E-state index >= 15 is 0 Å². The van der Waals surface area contributed by atoms with Gasteiger partial charge in [-0.2, -0.15) is 0 Å². The van der Waals surface area contributed by atoms with Crippen molar-refractivity contribution in [3.8, 4) is 0 Å². The van der Waals surface area contributed by atoms with Crippen LogP contribution in [0.5, 0.6) is 0 Å². The van der Waals surface area contributed by atoms with E-state index in [1.807, 2.05) is 13.8 Å². The smallest absolute Gasteiger partial charge is 0.156 e. The SMILES string of the molecule is CC(C)(N)N.CC(C)(O)O.CCC(=N)CC. The van der Waals surface area contributed by atoms with Gasteiger partial charge in [-0.25, -0.2) is 0 Å². The summed E-state index contributed by atoms with van der Waals surface area (Å²) in [5, 5.41) is 23.1. The number of hydrogen-bond donors (Lipinski definition) is 5. The molecule has 0 radical (unpaired) electrons. The van der Waals surface area contributed by atoms with E-state index in [0.29, 0.717) is 0 Å². The minimum Gasteiger partial charge on any atom is -0.366 e. The number of hydrogen-bond acceptors (Lipinski definition) is 5. The monoisotopic (exact) mass is 235 g/mol. The van der Waals surface area contributed by atoms with Gasteiger partial charge in [-0.15, -0.1) is 0 Å². The first kappa shape index (κ1) is 20.9. The summed E-state index contributed by atoms with van der Waals surface area (Å²) in [5.74, 6) is -1.50. The fourth-order valence-electron chi connectivity index (χ4n) is 0.250. The molecule has 0 aromatic heterocycles. The van der Waals surface area contributed by atoms with E-state index in [4.69, 9.17) is 27.1 Å². The Labute approximate surface area is 99.4 Å². The lowest BCUT2D eigenvalue weighted by Gasteiger charge is -2.07. The number of aliphatic hydroxyl groups is 2.